The third-order valence-electron chi connectivity index (χ3n) is 6.13. The fourth-order valence-corrected chi connectivity index (χ4v) is 4.55. The molecular formula is C22H33NO. The van der Waals surface area contributed by atoms with E-state index in [1.54, 1.807) is 11.1 Å². The molecule has 2 aliphatic rings. The molecule has 0 saturated heterocycles. The van der Waals surface area contributed by atoms with E-state index < -0.39 is 0 Å². The number of rotatable bonds is 6. The Labute approximate surface area is 147 Å². The largest absolute Gasteiger partial charge is 0.394 e. The van der Waals surface area contributed by atoms with Gasteiger partial charge in [0.2, 0.25) is 0 Å². The Morgan fingerprint density at radius 3 is 2.88 bits per heavy atom. The van der Waals surface area contributed by atoms with Crippen LogP contribution in [0.2, 0.25) is 0 Å². The van der Waals surface area contributed by atoms with Crippen molar-refractivity contribution in [3.05, 3.63) is 47.0 Å². The molecule has 0 radical (unpaired) electrons. The van der Waals surface area contributed by atoms with E-state index in [0.717, 1.165) is 31.6 Å². The molecule has 2 heteroatoms. The van der Waals surface area contributed by atoms with Crippen LogP contribution in [-0.2, 0) is 12.8 Å². The Morgan fingerprint density at radius 2 is 2.12 bits per heavy atom. The number of fused-ring (bicyclic) bond motifs is 1. The van der Waals surface area contributed by atoms with Gasteiger partial charge in [-0.2, -0.15) is 0 Å². The highest BCUT2D eigenvalue weighted by Gasteiger charge is 2.36. The van der Waals surface area contributed by atoms with Crippen LogP contribution in [0.1, 0.15) is 74.5 Å². The number of benzene rings is 1. The van der Waals surface area contributed by atoms with E-state index in [1.807, 2.05) is 0 Å². The van der Waals surface area contributed by atoms with Gasteiger partial charge >= 0.3 is 0 Å². The molecule has 0 aromatic heterocycles. The van der Waals surface area contributed by atoms with Crippen molar-refractivity contribution in [3.63, 3.8) is 0 Å². The lowest BCUT2D eigenvalue weighted by Crippen LogP contribution is -2.40. The van der Waals surface area contributed by atoms with E-state index in [0.29, 0.717) is 5.92 Å². The zero-order valence-electron chi connectivity index (χ0n) is 15.1. The quantitative estimate of drug-likeness (QED) is 0.756. The van der Waals surface area contributed by atoms with Gasteiger partial charge in [-0.1, -0.05) is 37.3 Å². The summed E-state index contributed by atoms with van der Waals surface area (Å²) in [4.78, 5) is 0. The van der Waals surface area contributed by atoms with Crippen LogP contribution in [-0.4, -0.2) is 17.3 Å². The van der Waals surface area contributed by atoms with Gasteiger partial charge in [0.15, 0.2) is 0 Å². The highest BCUT2D eigenvalue weighted by molar-refractivity contribution is 5.36. The van der Waals surface area contributed by atoms with Crippen molar-refractivity contribution >= 4 is 0 Å². The van der Waals surface area contributed by atoms with Crippen LogP contribution in [0.15, 0.2) is 30.4 Å². The summed E-state index contributed by atoms with van der Waals surface area (Å²) in [6, 6.07) is 7.14. The monoisotopic (exact) mass is 327 g/mol. The zero-order chi connectivity index (χ0) is 17.0. The number of aliphatic hydroxyl groups excluding tert-OH is 1. The zero-order valence-corrected chi connectivity index (χ0v) is 15.1. The Morgan fingerprint density at radius 1 is 1.25 bits per heavy atom. The molecule has 1 saturated carbocycles. The fraction of sp³-hybridized carbons (Fsp3) is 0.636. The van der Waals surface area contributed by atoms with Crippen molar-refractivity contribution in [2.45, 2.75) is 76.2 Å². The van der Waals surface area contributed by atoms with E-state index in [9.17, 15) is 5.11 Å². The molecule has 2 nitrogen and oxygen atoms in total. The van der Waals surface area contributed by atoms with E-state index in [4.69, 9.17) is 5.73 Å². The van der Waals surface area contributed by atoms with Gasteiger partial charge in [-0.05, 0) is 86.3 Å². The number of hydrogen-bond donors (Lipinski definition) is 2. The summed E-state index contributed by atoms with van der Waals surface area (Å²) in [6.07, 6.45) is 15.1. The molecular weight excluding hydrogens is 294 g/mol. The van der Waals surface area contributed by atoms with Crippen molar-refractivity contribution in [1.82, 2.24) is 0 Å². The maximum absolute atomic E-state index is 9.49. The van der Waals surface area contributed by atoms with Crippen molar-refractivity contribution in [2.24, 2.45) is 11.7 Å². The average molecular weight is 328 g/mol. The fourth-order valence-electron chi connectivity index (χ4n) is 4.55. The topological polar surface area (TPSA) is 46.2 Å². The molecule has 0 heterocycles. The molecule has 0 aliphatic heterocycles. The molecule has 0 amide bonds. The minimum atomic E-state index is -0.350. The summed E-state index contributed by atoms with van der Waals surface area (Å²) in [7, 11) is 0. The van der Waals surface area contributed by atoms with Gasteiger partial charge in [-0.3, -0.25) is 0 Å². The Bertz CT molecular complexity index is 579. The maximum Gasteiger partial charge on any atom is 0.0611 e. The number of hydrogen-bond acceptors (Lipinski definition) is 2. The summed E-state index contributed by atoms with van der Waals surface area (Å²) in [5.74, 6) is 1.38. The summed E-state index contributed by atoms with van der Waals surface area (Å²) in [5.41, 5.74) is 10.5. The summed E-state index contributed by atoms with van der Waals surface area (Å²) in [6.45, 7) is 2.31. The number of aryl methyl sites for hydroxylation is 1. The second-order valence-corrected chi connectivity index (χ2v) is 8.05. The summed E-state index contributed by atoms with van der Waals surface area (Å²) >= 11 is 0. The number of allylic oxidation sites excluding steroid dienone is 2. The Kier molecular flexibility index (Phi) is 5.78. The second-order valence-electron chi connectivity index (χ2n) is 8.05. The van der Waals surface area contributed by atoms with Gasteiger partial charge in [0.25, 0.3) is 0 Å². The predicted molar refractivity (Wildman–Crippen MR) is 101 cm³/mol. The van der Waals surface area contributed by atoms with Crippen molar-refractivity contribution < 1.29 is 5.11 Å². The van der Waals surface area contributed by atoms with Gasteiger partial charge in [-0.15, -0.1) is 0 Å². The third kappa shape index (κ3) is 4.10. The lowest BCUT2D eigenvalue weighted by Gasteiger charge is -2.26. The SMILES string of the molecule is CC/C=C\CCC1CCc2cc([C@H]3CC[C@](N)(CO)C3)ccc2C1. The first-order valence-corrected chi connectivity index (χ1v) is 9.80. The van der Waals surface area contributed by atoms with Gasteiger partial charge < -0.3 is 10.8 Å². The molecule has 1 aromatic rings. The lowest BCUT2D eigenvalue weighted by molar-refractivity contribution is 0.198. The van der Waals surface area contributed by atoms with E-state index in [-0.39, 0.29) is 12.1 Å². The van der Waals surface area contributed by atoms with Crippen molar-refractivity contribution in [2.75, 3.05) is 6.61 Å². The lowest BCUT2D eigenvalue weighted by atomic mass is 9.80. The van der Waals surface area contributed by atoms with Crippen LogP contribution in [0.5, 0.6) is 0 Å². The minimum absolute atomic E-state index is 0.114. The summed E-state index contributed by atoms with van der Waals surface area (Å²) in [5, 5.41) is 9.49. The van der Waals surface area contributed by atoms with E-state index in [1.165, 1.54) is 37.7 Å². The van der Waals surface area contributed by atoms with Crippen LogP contribution in [0.25, 0.3) is 0 Å². The standard InChI is InChI=1S/C22H33NO/c1-2-3-4-5-6-17-7-8-19-14-20(10-9-18(19)13-17)21-11-12-22(23,15-21)16-24/h3-4,9-10,14,17,21,24H,2,5-8,11-13,15-16,23H2,1H3/b4-3-/t17?,21-,22+/m0/s1. The van der Waals surface area contributed by atoms with Crippen LogP contribution < -0.4 is 5.73 Å². The predicted octanol–water partition coefficient (Wildman–Crippen LogP) is 4.50. The molecule has 24 heavy (non-hydrogen) atoms. The van der Waals surface area contributed by atoms with Crippen LogP contribution in [0.3, 0.4) is 0 Å². The molecule has 3 atom stereocenters. The normalized spacial score (nSPS) is 30.0. The van der Waals surface area contributed by atoms with E-state index in [2.05, 4.69) is 37.3 Å². The molecule has 3 rings (SSSR count). The highest BCUT2D eigenvalue weighted by atomic mass is 16.3. The highest BCUT2D eigenvalue weighted by Crippen LogP contribution is 2.40. The minimum Gasteiger partial charge on any atom is -0.394 e. The third-order valence-corrected chi connectivity index (χ3v) is 6.13. The smallest absolute Gasteiger partial charge is 0.0611 e. The van der Waals surface area contributed by atoms with Crippen LogP contribution in [0.4, 0.5) is 0 Å². The number of aliphatic hydroxyl groups is 1. The molecule has 1 aromatic carbocycles. The first-order chi connectivity index (χ1) is 11.6. The first kappa shape index (κ1) is 17.7. The Hall–Kier alpha value is -1.12. The molecule has 2 aliphatic carbocycles. The molecule has 132 valence electrons. The van der Waals surface area contributed by atoms with Crippen molar-refractivity contribution in [3.8, 4) is 0 Å². The second kappa shape index (κ2) is 7.84. The van der Waals surface area contributed by atoms with Gasteiger partial charge in [0.1, 0.15) is 0 Å². The molecule has 0 bridgehead atoms. The molecule has 1 fully saturated rings. The average Bonchev–Trinajstić information content (AvgIpc) is 3.01. The van der Waals surface area contributed by atoms with Crippen molar-refractivity contribution in [1.29, 1.82) is 0 Å². The van der Waals surface area contributed by atoms with Gasteiger partial charge in [-0.25, -0.2) is 0 Å². The van der Waals surface area contributed by atoms with Crippen LogP contribution >= 0.6 is 0 Å². The molecule has 1 unspecified atom stereocenters. The van der Waals surface area contributed by atoms with Gasteiger partial charge in [0, 0.05) is 5.54 Å². The summed E-state index contributed by atoms with van der Waals surface area (Å²) < 4.78 is 0. The van der Waals surface area contributed by atoms with Gasteiger partial charge in [0.05, 0.1) is 6.61 Å². The molecule has 3 N–H and O–H groups in total. The van der Waals surface area contributed by atoms with E-state index >= 15 is 0 Å². The number of nitrogens with two attached hydrogens (primary N) is 1. The maximum atomic E-state index is 9.49. The first-order valence-electron chi connectivity index (χ1n) is 9.80. The Balaban J connectivity index is 1.61. The van der Waals surface area contributed by atoms with Crippen LogP contribution in [0, 0.1) is 5.92 Å². The molecule has 0 spiro atoms.